The molecule has 1 heterocycles. The summed E-state index contributed by atoms with van der Waals surface area (Å²) in [6, 6.07) is 13.0. The van der Waals surface area contributed by atoms with Crippen LogP contribution in [0.4, 0.5) is 17.1 Å². The van der Waals surface area contributed by atoms with Crippen LogP contribution in [0.15, 0.2) is 42.5 Å². The molecule has 1 saturated heterocycles. The van der Waals surface area contributed by atoms with E-state index in [1.165, 1.54) is 25.5 Å². The smallest absolute Gasteiger partial charge is 0.255 e. The predicted octanol–water partition coefficient (Wildman–Crippen LogP) is 3.81. The summed E-state index contributed by atoms with van der Waals surface area (Å²) in [5.41, 5.74) is 4.31. The molecule has 3 rings (SSSR count). The van der Waals surface area contributed by atoms with Gasteiger partial charge in [0.05, 0.1) is 0 Å². The van der Waals surface area contributed by atoms with Crippen LogP contribution in [0.5, 0.6) is 0 Å². The fourth-order valence-electron chi connectivity index (χ4n) is 3.06. The lowest BCUT2D eigenvalue weighted by molar-refractivity contribution is -0.114. The first-order valence-corrected chi connectivity index (χ1v) is 8.57. The predicted molar refractivity (Wildman–Crippen MR) is 101 cm³/mol. The second-order valence-electron chi connectivity index (χ2n) is 6.41. The van der Waals surface area contributed by atoms with Gasteiger partial charge in [-0.25, -0.2) is 0 Å². The Bertz CT molecular complexity index is 778. The molecule has 2 amide bonds. The number of carbonyl (C=O) groups is 2. The maximum Gasteiger partial charge on any atom is 0.255 e. The van der Waals surface area contributed by atoms with Crippen LogP contribution in [-0.4, -0.2) is 24.9 Å². The van der Waals surface area contributed by atoms with Crippen LogP contribution in [0.2, 0.25) is 0 Å². The molecule has 2 aromatic rings. The molecule has 0 aliphatic carbocycles. The average molecular weight is 337 g/mol. The molecule has 5 heteroatoms. The molecule has 0 aromatic heterocycles. The highest BCUT2D eigenvalue weighted by atomic mass is 16.2. The third kappa shape index (κ3) is 4.18. The standard InChI is InChI=1S/C20H23N3O2/c1-14-13-18(23-11-3-4-12-23)9-10-19(14)22-20(25)16-5-7-17(8-6-16)21-15(2)24/h5-10,13H,3-4,11-12H2,1-2H3,(H,21,24)(H,22,25). The molecule has 1 aliphatic heterocycles. The molecule has 0 bridgehead atoms. The number of benzene rings is 2. The van der Waals surface area contributed by atoms with Crippen molar-refractivity contribution in [1.29, 1.82) is 0 Å². The molecule has 2 N–H and O–H groups in total. The summed E-state index contributed by atoms with van der Waals surface area (Å²) in [6.45, 7) is 5.67. The Labute approximate surface area is 148 Å². The van der Waals surface area contributed by atoms with E-state index in [0.717, 1.165) is 24.3 Å². The van der Waals surface area contributed by atoms with Crippen LogP contribution in [-0.2, 0) is 4.79 Å². The second-order valence-corrected chi connectivity index (χ2v) is 6.41. The van der Waals surface area contributed by atoms with E-state index in [9.17, 15) is 9.59 Å². The fraction of sp³-hybridized carbons (Fsp3) is 0.300. The summed E-state index contributed by atoms with van der Waals surface area (Å²) < 4.78 is 0. The SMILES string of the molecule is CC(=O)Nc1ccc(C(=O)Nc2ccc(N3CCCC3)cc2C)cc1. The van der Waals surface area contributed by atoms with Gasteiger partial charge in [-0.05, 0) is 67.8 Å². The minimum absolute atomic E-state index is 0.133. The number of nitrogens with one attached hydrogen (secondary N) is 2. The van der Waals surface area contributed by atoms with E-state index < -0.39 is 0 Å². The summed E-state index contributed by atoms with van der Waals surface area (Å²) in [5.74, 6) is -0.294. The Morgan fingerprint density at radius 1 is 0.960 bits per heavy atom. The van der Waals surface area contributed by atoms with Crippen molar-refractivity contribution in [2.45, 2.75) is 26.7 Å². The number of hydrogen-bond acceptors (Lipinski definition) is 3. The van der Waals surface area contributed by atoms with E-state index in [-0.39, 0.29) is 11.8 Å². The maximum atomic E-state index is 12.4. The van der Waals surface area contributed by atoms with Gasteiger partial charge in [-0.2, -0.15) is 0 Å². The first-order valence-electron chi connectivity index (χ1n) is 8.57. The lowest BCUT2D eigenvalue weighted by Gasteiger charge is -2.19. The van der Waals surface area contributed by atoms with Crippen LogP contribution in [0, 0.1) is 6.92 Å². The van der Waals surface area contributed by atoms with E-state index in [2.05, 4.69) is 27.7 Å². The molecule has 0 spiro atoms. The molecule has 0 radical (unpaired) electrons. The minimum Gasteiger partial charge on any atom is -0.372 e. The number of amides is 2. The minimum atomic E-state index is -0.161. The summed E-state index contributed by atoms with van der Waals surface area (Å²) in [5, 5.41) is 5.65. The van der Waals surface area contributed by atoms with Crippen molar-refractivity contribution in [1.82, 2.24) is 0 Å². The number of aryl methyl sites for hydroxylation is 1. The molecule has 0 unspecified atom stereocenters. The molecule has 130 valence electrons. The fourth-order valence-corrected chi connectivity index (χ4v) is 3.06. The number of carbonyl (C=O) groups excluding carboxylic acids is 2. The van der Waals surface area contributed by atoms with E-state index in [0.29, 0.717) is 11.3 Å². The van der Waals surface area contributed by atoms with Crippen molar-refractivity contribution in [2.75, 3.05) is 28.6 Å². The summed E-state index contributed by atoms with van der Waals surface area (Å²) in [7, 11) is 0. The van der Waals surface area contributed by atoms with Crippen molar-refractivity contribution in [3.8, 4) is 0 Å². The van der Waals surface area contributed by atoms with Gasteiger partial charge in [0.25, 0.3) is 5.91 Å². The molecular weight excluding hydrogens is 314 g/mol. The molecule has 1 fully saturated rings. The zero-order valence-corrected chi connectivity index (χ0v) is 14.6. The molecule has 1 aliphatic rings. The van der Waals surface area contributed by atoms with Gasteiger partial charge in [0.15, 0.2) is 0 Å². The summed E-state index contributed by atoms with van der Waals surface area (Å²) >= 11 is 0. The molecule has 0 atom stereocenters. The Morgan fingerprint density at radius 2 is 1.64 bits per heavy atom. The topological polar surface area (TPSA) is 61.4 Å². The van der Waals surface area contributed by atoms with Crippen LogP contribution >= 0.6 is 0 Å². The van der Waals surface area contributed by atoms with Gasteiger partial charge in [-0.1, -0.05) is 0 Å². The number of nitrogens with zero attached hydrogens (tertiary/aromatic N) is 1. The Morgan fingerprint density at radius 3 is 2.24 bits per heavy atom. The van der Waals surface area contributed by atoms with Crippen molar-refractivity contribution in [3.05, 3.63) is 53.6 Å². The van der Waals surface area contributed by atoms with Gasteiger partial charge in [0.2, 0.25) is 5.91 Å². The largest absolute Gasteiger partial charge is 0.372 e. The van der Waals surface area contributed by atoms with Crippen molar-refractivity contribution in [3.63, 3.8) is 0 Å². The number of rotatable bonds is 4. The molecular formula is C20H23N3O2. The number of anilines is 3. The molecule has 5 nitrogen and oxygen atoms in total. The Kier molecular flexibility index (Phi) is 5.03. The van der Waals surface area contributed by atoms with Crippen LogP contribution in [0.1, 0.15) is 35.7 Å². The normalized spacial score (nSPS) is 13.6. The number of hydrogen-bond donors (Lipinski definition) is 2. The monoisotopic (exact) mass is 337 g/mol. The lowest BCUT2D eigenvalue weighted by atomic mass is 10.1. The van der Waals surface area contributed by atoms with Crippen molar-refractivity contribution >= 4 is 28.9 Å². The first kappa shape index (κ1) is 17.0. The summed E-state index contributed by atoms with van der Waals surface area (Å²) in [6.07, 6.45) is 2.48. The van der Waals surface area contributed by atoms with Crippen molar-refractivity contribution in [2.24, 2.45) is 0 Å². The first-order chi connectivity index (χ1) is 12.0. The second kappa shape index (κ2) is 7.38. The quantitative estimate of drug-likeness (QED) is 0.892. The van der Waals surface area contributed by atoms with Gasteiger partial charge < -0.3 is 15.5 Å². The van der Waals surface area contributed by atoms with Gasteiger partial charge >= 0.3 is 0 Å². The van der Waals surface area contributed by atoms with E-state index >= 15 is 0 Å². The van der Waals surface area contributed by atoms with Crippen molar-refractivity contribution < 1.29 is 9.59 Å². The third-order valence-electron chi connectivity index (χ3n) is 4.40. The zero-order chi connectivity index (χ0) is 17.8. The highest BCUT2D eigenvalue weighted by Crippen LogP contribution is 2.26. The summed E-state index contributed by atoms with van der Waals surface area (Å²) in [4.78, 5) is 25.8. The van der Waals surface area contributed by atoms with Gasteiger partial charge in [0.1, 0.15) is 0 Å². The Hall–Kier alpha value is -2.82. The van der Waals surface area contributed by atoms with Gasteiger partial charge in [-0.15, -0.1) is 0 Å². The van der Waals surface area contributed by atoms with E-state index in [1.807, 2.05) is 13.0 Å². The Balaban J connectivity index is 1.68. The van der Waals surface area contributed by atoms with Crippen LogP contribution < -0.4 is 15.5 Å². The van der Waals surface area contributed by atoms with E-state index in [1.54, 1.807) is 24.3 Å². The average Bonchev–Trinajstić information content (AvgIpc) is 3.11. The van der Waals surface area contributed by atoms with Crippen LogP contribution in [0.25, 0.3) is 0 Å². The highest BCUT2D eigenvalue weighted by Gasteiger charge is 2.14. The molecule has 2 aromatic carbocycles. The van der Waals surface area contributed by atoms with Gasteiger partial charge in [0, 0.05) is 42.6 Å². The zero-order valence-electron chi connectivity index (χ0n) is 14.6. The van der Waals surface area contributed by atoms with Gasteiger partial charge in [-0.3, -0.25) is 9.59 Å². The molecule has 25 heavy (non-hydrogen) atoms. The third-order valence-corrected chi connectivity index (χ3v) is 4.40. The highest BCUT2D eigenvalue weighted by molar-refractivity contribution is 6.05. The maximum absolute atomic E-state index is 12.4. The lowest BCUT2D eigenvalue weighted by Crippen LogP contribution is -2.18. The molecule has 0 saturated carbocycles. The van der Waals surface area contributed by atoms with E-state index in [4.69, 9.17) is 0 Å². The van der Waals surface area contributed by atoms with Crippen LogP contribution in [0.3, 0.4) is 0 Å².